The number of rotatable bonds is 5. The molecular formula is C29H32F2N4O. The van der Waals surface area contributed by atoms with E-state index in [1.807, 2.05) is 24.1 Å². The Morgan fingerprint density at radius 3 is 2.72 bits per heavy atom. The van der Waals surface area contributed by atoms with Crippen LogP contribution in [0.3, 0.4) is 0 Å². The first-order valence-electron chi connectivity index (χ1n) is 13.1. The second kappa shape index (κ2) is 9.51. The number of halogens is 2. The summed E-state index contributed by atoms with van der Waals surface area (Å²) in [5.41, 5.74) is 5.72. The number of piperidine rings is 1. The van der Waals surface area contributed by atoms with E-state index in [4.69, 9.17) is 4.99 Å². The molecule has 5 nitrogen and oxygen atoms in total. The number of hydrogen-bond acceptors (Lipinski definition) is 4. The van der Waals surface area contributed by atoms with E-state index in [0.717, 1.165) is 62.2 Å². The molecule has 36 heavy (non-hydrogen) atoms. The highest BCUT2D eigenvalue weighted by molar-refractivity contribution is 6.15. The first-order chi connectivity index (χ1) is 17.5. The van der Waals surface area contributed by atoms with E-state index < -0.39 is 11.6 Å². The Labute approximate surface area is 210 Å². The van der Waals surface area contributed by atoms with Crippen LogP contribution in [-0.4, -0.2) is 58.1 Å². The van der Waals surface area contributed by atoms with Crippen molar-refractivity contribution in [1.82, 2.24) is 14.8 Å². The quantitative estimate of drug-likeness (QED) is 0.603. The zero-order valence-electron chi connectivity index (χ0n) is 20.7. The van der Waals surface area contributed by atoms with Gasteiger partial charge in [0.25, 0.3) is 0 Å². The van der Waals surface area contributed by atoms with E-state index in [1.165, 1.54) is 29.3 Å². The van der Waals surface area contributed by atoms with Gasteiger partial charge >= 0.3 is 0 Å². The lowest BCUT2D eigenvalue weighted by molar-refractivity contribution is -0.133. The molecule has 2 aromatic rings. The molecule has 3 atom stereocenters. The van der Waals surface area contributed by atoms with Gasteiger partial charge in [-0.15, -0.1) is 0 Å². The van der Waals surface area contributed by atoms with Crippen LogP contribution in [0.5, 0.6) is 0 Å². The maximum atomic E-state index is 14.4. The highest BCUT2D eigenvalue weighted by Crippen LogP contribution is 2.42. The number of carbonyl (C=O) groups excluding carboxylic acids is 1. The SMILES string of the molecule is Cc1cc(C2=NCC3=C2CN(C(=O)C[C@H]2CC[C@H]4CC[C@@H]2N4Cc2c(F)cccc2F)CC3)ccn1. The second-order valence-electron chi connectivity index (χ2n) is 10.7. The van der Waals surface area contributed by atoms with Crippen molar-refractivity contribution in [2.75, 3.05) is 19.6 Å². The van der Waals surface area contributed by atoms with Crippen molar-refractivity contribution in [2.45, 2.75) is 64.1 Å². The number of carbonyl (C=O) groups is 1. The number of aryl methyl sites for hydroxylation is 1. The lowest BCUT2D eigenvalue weighted by atomic mass is 9.86. The molecule has 0 radical (unpaired) electrons. The van der Waals surface area contributed by atoms with Crippen LogP contribution in [0.25, 0.3) is 0 Å². The van der Waals surface area contributed by atoms with E-state index in [0.29, 0.717) is 19.0 Å². The Morgan fingerprint density at radius 2 is 1.92 bits per heavy atom. The molecule has 188 valence electrons. The number of amides is 1. The molecular weight excluding hydrogens is 458 g/mol. The van der Waals surface area contributed by atoms with Gasteiger partial charge in [0.2, 0.25) is 5.91 Å². The van der Waals surface area contributed by atoms with Gasteiger partial charge in [-0.25, -0.2) is 8.78 Å². The molecule has 7 heteroatoms. The summed E-state index contributed by atoms with van der Waals surface area (Å²) < 4.78 is 28.7. The summed E-state index contributed by atoms with van der Waals surface area (Å²) in [6, 6.07) is 8.68. The molecule has 0 unspecified atom stereocenters. The summed E-state index contributed by atoms with van der Waals surface area (Å²) in [6.07, 6.45) is 7.20. The minimum absolute atomic E-state index is 0.149. The second-order valence-corrected chi connectivity index (χ2v) is 10.7. The van der Waals surface area contributed by atoms with Crippen LogP contribution in [0.1, 0.15) is 55.3 Å². The first kappa shape index (κ1) is 23.5. The van der Waals surface area contributed by atoms with Gasteiger partial charge in [0.15, 0.2) is 0 Å². The van der Waals surface area contributed by atoms with E-state index in [-0.39, 0.29) is 30.0 Å². The van der Waals surface area contributed by atoms with Gasteiger partial charge in [-0.2, -0.15) is 0 Å². The molecule has 0 N–H and O–H groups in total. The zero-order chi connectivity index (χ0) is 24.8. The smallest absolute Gasteiger partial charge is 0.223 e. The number of aromatic nitrogens is 1. The maximum absolute atomic E-state index is 14.4. The van der Waals surface area contributed by atoms with Gasteiger partial charge in [0.1, 0.15) is 11.6 Å². The number of hydrogen-bond donors (Lipinski definition) is 0. The summed E-state index contributed by atoms with van der Waals surface area (Å²) in [7, 11) is 0. The van der Waals surface area contributed by atoms with Crippen LogP contribution in [0.15, 0.2) is 52.7 Å². The molecule has 4 aliphatic rings. The van der Waals surface area contributed by atoms with E-state index >= 15 is 0 Å². The molecule has 2 bridgehead atoms. The molecule has 0 saturated carbocycles. The maximum Gasteiger partial charge on any atom is 0.223 e. The van der Waals surface area contributed by atoms with Crippen LogP contribution in [0.2, 0.25) is 0 Å². The lowest BCUT2D eigenvalue weighted by Gasteiger charge is -2.41. The van der Waals surface area contributed by atoms with Crippen LogP contribution in [0.4, 0.5) is 8.78 Å². The third-order valence-electron chi connectivity index (χ3n) is 8.64. The monoisotopic (exact) mass is 490 g/mol. The number of pyridine rings is 1. The van der Waals surface area contributed by atoms with Crippen LogP contribution in [-0.2, 0) is 11.3 Å². The van der Waals surface area contributed by atoms with Crippen molar-refractivity contribution in [3.8, 4) is 0 Å². The number of fused-ring (bicyclic) bond motifs is 2. The van der Waals surface area contributed by atoms with Crippen molar-refractivity contribution in [2.24, 2.45) is 10.9 Å². The van der Waals surface area contributed by atoms with Crippen molar-refractivity contribution < 1.29 is 13.6 Å². The Balaban J connectivity index is 1.14. The molecule has 5 heterocycles. The molecule has 4 aliphatic heterocycles. The number of benzene rings is 1. The predicted octanol–water partition coefficient (Wildman–Crippen LogP) is 4.83. The standard InChI is InChI=1S/C29H32F2N4O/c1-18-13-20(9-11-32-18)29-23-16-34(12-10-21(23)15-33-29)28(36)14-19-5-6-22-7-8-27(19)35(22)17-24-25(30)3-2-4-26(24)31/h2-4,9,11,13,19,22,27H,5-8,10,12,14-17H2,1H3/t19-,22+,27+/m1/s1. The van der Waals surface area contributed by atoms with E-state index in [1.54, 1.807) is 0 Å². The van der Waals surface area contributed by atoms with Gasteiger partial charge in [-0.1, -0.05) is 6.07 Å². The van der Waals surface area contributed by atoms with Gasteiger partial charge < -0.3 is 4.90 Å². The third-order valence-corrected chi connectivity index (χ3v) is 8.64. The minimum Gasteiger partial charge on any atom is -0.338 e. The van der Waals surface area contributed by atoms with Crippen LogP contribution < -0.4 is 0 Å². The third kappa shape index (κ3) is 4.27. The Kier molecular flexibility index (Phi) is 6.20. The molecule has 6 rings (SSSR count). The van der Waals surface area contributed by atoms with Crippen molar-refractivity contribution in [3.05, 3.63) is 76.1 Å². The summed E-state index contributed by atoms with van der Waals surface area (Å²) >= 11 is 0. The Bertz CT molecular complexity index is 1240. The summed E-state index contributed by atoms with van der Waals surface area (Å²) in [6.45, 7) is 4.33. The summed E-state index contributed by atoms with van der Waals surface area (Å²) in [4.78, 5) is 26.9. The topological polar surface area (TPSA) is 48.8 Å². The fourth-order valence-electron chi connectivity index (χ4n) is 6.75. The van der Waals surface area contributed by atoms with Crippen molar-refractivity contribution in [1.29, 1.82) is 0 Å². The molecule has 1 aromatic heterocycles. The minimum atomic E-state index is -0.483. The Hall–Kier alpha value is -2.93. The highest BCUT2D eigenvalue weighted by atomic mass is 19.1. The van der Waals surface area contributed by atoms with Crippen molar-refractivity contribution in [3.63, 3.8) is 0 Å². The fourth-order valence-corrected chi connectivity index (χ4v) is 6.75. The summed E-state index contributed by atoms with van der Waals surface area (Å²) in [5, 5.41) is 0. The molecule has 2 fully saturated rings. The number of nitrogens with zero attached hydrogens (tertiary/aromatic N) is 4. The number of aliphatic imine (C=N–C) groups is 1. The van der Waals surface area contributed by atoms with Crippen LogP contribution in [0, 0.1) is 24.5 Å². The van der Waals surface area contributed by atoms with Gasteiger partial charge in [-0.05, 0) is 80.4 Å². The molecule has 1 amide bonds. The van der Waals surface area contributed by atoms with Gasteiger partial charge in [0.05, 0.1) is 12.3 Å². The highest BCUT2D eigenvalue weighted by Gasteiger charge is 2.43. The fraction of sp³-hybridized carbons (Fsp3) is 0.483. The van der Waals surface area contributed by atoms with E-state index in [9.17, 15) is 13.6 Å². The molecule has 2 saturated heterocycles. The Morgan fingerprint density at radius 1 is 1.11 bits per heavy atom. The lowest BCUT2D eigenvalue weighted by Crippen LogP contribution is -2.47. The van der Waals surface area contributed by atoms with Gasteiger partial charge in [0, 0.05) is 61.2 Å². The normalized spacial score (nSPS) is 25.8. The van der Waals surface area contributed by atoms with E-state index in [2.05, 4.69) is 16.0 Å². The first-order valence-corrected chi connectivity index (χ1v) is 13.1. The molecule has 0 spiro atoms. The van der Waals surface area contributed by atoms with Gasteiger partial charge in [-0.3, -0.25) is 19.7 Å². The van der Waals surface area contributed by atoms with Crippen molar-refractivity contribution >= 4 is 11.6 Å². The average molecular weight is 491 g/mol. The zero-order valence-corrected chi connectivity index (χ0v) is 20.7. The molecule has 1 aromatic carbocycles. The largest absolute Gasteiger partial charge is 0.338 e. The predicted molar refractivity (Wildman–Crippen MR) is 135 cm³/mol. The summed E-state index contributed by atoms with van der Waals surface area (Å²) in [5.74, 6) is -0.557. The van der Waals surface area contributed by atoms with Crippen LogP contribution >= 0.6 is 0 Å². The molecule has 0 aliphatic carbocycles. The average Bonchev–Trinajstić information content (AvgIpc) is 3.41.